The number of carbonyl (C=O) groups is 1. The third-order valence-electron chi connectivity index (χ3n) is 3.31. The van der Waals surface area contributed by atoms with E-state index in [9.17, 15) is 4.79 Å². The lowest BCUT2D eigenvalue weighted by Gasteiger charge is -2.16. The number of hydrogen-bond acceptors (Lipinski definition) is 4. The SMILES string of the molecule is O=C(O)c1nsnc1-c1ccc2c(c1)CCCC2. The van der Waals surface area contributed by atoms with E-state index in [1.54, 1.807) is 0 Å². The first-order valence-electron chi connectivity index (χ1n) is 5.94. The highest BCUT2D eigenvalue weighted by Crippen LogP contribution is 2.28. The number of carboxylic acids is 1. The molecule has 0 fully saturated rings. The highest BCUT2D eigenvalue weighted by atomic mass is 32.1. The first kappa shape index (κ1) is 11.3. The van der Waals surface area contributed by atoms with Crippen LogP contribution in [-0.4, -0.2) is 19.8 Å². The van der Waals surface area contributed by atoms with Gasteiger partial charge in [-0.1, -0.05) is 12.1 Å². The topological polar surface area (TPSA) is 63.1 Å². The van der Waals surface area contributed by atoms with Gasteiger partial charge in [-0.2, -0.15) is 8.75 Å². The zero-order valence-corrected chi connectivity index (χ0v) is 10.5. The molecule has 0 bridgehead atoms. The van der Waals surface area contributed by atoms with E-state index in [2.05, 4.69) is 20.9 Å². The van der Waals surface area contributed by atoms with Gasteiger partial charge < -0.3 is 5.11 Å². The van der Waals surface area contributed by atoms with E-state index in [0.29, 0.717) is 5.69 Å². The summed E-state index contributed by atoms with van der Waals surface area (Å²) in [5, 5.41) is 9.06. The Morgan fingerprint density at radius 1 is 1.17 bits per heavy atom. The molecule has 1 aromatic heterocycles. The minimum Gasteiger partial charge on any atom is -0.476 e. The van der Waals surface area contributed by atoms with Crippen LogP contribution in [-0.2, 0) is 12.8 Å². The molecule has 0 radical (unpaired) electrons. The van der Waals surface area contributed by atoms with Crippen molar-refractivity contribution in [3.8, 4) is 11.3 Å². The maximum Gasteiger partial charge on any atom is 0.357 e. The van der Waals surface area contributed by atoms with Gasteiger partial charge in [0.2, 0.25) is 0 Å². The lowest BCUT2D eigenvalue weighted by atomic mass is 9.90. The maximum absolute atomic E-state index is 11.0. The third-order valence-corrected chi connectivity index (χ3v) is 3.84. The number of aromatic nitrogens is 2. The van der Waals surface area contributed by atoms with Gasteiger partial charge in [-0.25, -0.2) is 4.79 Å². The van der Waals surface area contributed by atoms with Crippen LogP contribution >= 0.6 is 11.7 Å². The number of carboxylic acid groups (broad SMARTS) is 1. The van der Waals surface area contributed by atoms with Gasteiger partial charge in [0.05, 0.1) is 11.7 Å². The Kier molecular flexibility index (Phi) is 2.83. The number of fused-ring (bicyclic) bond motifs is 1. The fourth-order valence-corrected chi connectivity index (χ4v) is 2.96. The minimum absolute atomic E-state index is 0.0516. The van der Waals surface area contributed by atoms with Crippen LogP contribution in [0.3, 0.4) is 0 Å². The molecule has 1 aliphatic carbocycles. The Bertz CT molecular complexity index is 607. The molecule has 18 heavy (non-hydrogen) atoms. The molecule has 1 N–H and O–H groups in total. The van der Waals surface area contributed by atoms with Gasteiger partial charge in [0.25, 0.3) is 0 Å². The monoisotopic (exact) mass is 260 g/mol. The smallest absolute Gasteiger partial charge is 0.357 e. The van der Waals surface area contributed by atoms with Gasteiger partial charge in [0.1, 0.15) is 5.69 Å². The molecule has 1 aromatic carbocycles. The van der Waals surface area contributed by atoms with Gasteiger partial charge in [0.15, 0.2) is 5.69 Å². The van der Waals surface area contributed by atoms with E-state index in [4.69, 9.17) is 5.11 Å². The summed E-state index contributed by atoms with van der Waals surface area (Å²) in [4.78, 5) is 11.0. The van der Waals surface area contributed by atoms with E-state index >= 15 is 0 Å². The Hall–Kier alpha value is -1.75. The Morgan fingerprint density at radius 2 is 1.94 bits per heavy atom. The third kappa shape index (κ3) is 1.90. The van der Waals surface area contributed by atoms with Crippen LogP contribution in [0.4, 0.5) is 0 Å². The molecular weight excluding hydrogens is 248 g/mol. The first-order chi connectivity index (χ1) is 8.75. The summed E-state index contributed by atoms with van der Waals surface area (Å²) < 4.78 is 7.94. The molecule has 0 atom stereocenters. The van der Waals surface area contributed by atoms with E-state index in [0.717, 1.165) is 30.1 Å². The van der Waals surface area contributed by atoms with Crippen LogP contribution < -0.4 is 0 Å². The molecule has 4 nitrogen and oxygen atoms in total. The number of aryl methyl sites for hydroxylation is 2. The fraction of sp³-hybridized carbons (Fsp3) is 0.308. The van der Waals surface area contributed by atoms with Gasteiger partial charge in [-0.3, -0.25) is 0 Å². The number of hydrogen-bond donors (Lipinski definition) is 1. The Labute approximate surface area is 109 Å². The highest BCUT2D eigenvalue weighted by Gasteiger charge is 2.18. The molecule has 5 heteroatoms. The highest BCUT2D eigenvalue weighted by molar-refractivity contribution is 6.99. The number of aromatic carboxylic acids is 1. The van der Waals surface area contributed by atoms with Crippen molar-refractivity contribution in [3.05, 3.63) is 35.0 Å². The zero-order chi connectivity index (χ0) is 12.5. The van der Waals surface area contributed by atoms with E-state index in [1.165, 1.54) is 24.0 Å². The summed E-state index contributed by atoms with van der Waals surface area (Å²) in [5.74, 6) is -1.02. The van der Waals surface area contributed by atoms with Gasteiger partial charge in [-0.05, 0) is 42.9 Å². The zero-order valence-electron chi connectivity index (χ0n) is 9.72. The molecule has 0 amide bonds. The standard InChI is InChI=1S/C13H12N2O2S/c16-13(17)12-11(14-18-15-12)10-6-5-8-3-1-2-4-9(8)7-10/h5-7H,1-4H2,(H,16,17). The van der Waals surface area contributed by atoms with E-state index < -0.39 is 5.97 Å². The molecule has 1 heterocycles. The van der Waals surface area contributed by atoms with Crippen LogP contribution in [0, 0.1) is 0 Å². The summed E-state index contributed by atoms with van der Waals surface area (Å²) in [7, 11) is 0. The molecule has 0 unspecified atom stereocenters. The summed E-state index contributed by atoms with van der Waals surface area (Å²) >= 11 is 0.946. The predicted molar refractivity (Wildman–Crippen MR) is 68.9 cm³/mol. The molecule has 0 aliphatic heterocycles. The quantitative estimate of drug-likeness (QED) is 0.901. The number of nitrogens with zero attached hydrogens (tertiary/aromatic N) is 2. The Balaban J connectivity index is 2.06. The predicted octanol–water partition coefficient (Wildman–Crippen LogP) is 2.78. The second kappa shape index (κ2) is 4.49. The molecule has 0 saturated carbocycles. The van der Waals surface area contributed by atoms with Crippen molar-refractivity contribution in [2.24, 2.45) is 0 Å². The lowest BCUT2D eigenvalue weighted by molar-refractivity contribution is 0.0692. The average Bonchev–Trinajstić information content (AvgIpc) is 2.87. The van der Waals surface area contributed by atoms with Gasteiger partial charge in [-0.15, -0.1) is 0 Å². The number of benzene rings is 1. The van der Waals surface area contributed by atoms with E-state index in [1.807, 2.05) is 6.07 Å². The fourth-order valence-electron chi connectivity index (χ4n) is 2.40. The first-order valence-corrected chi connectivity index (χ1v) is 6.67. The van der Waals surface area contributed by atoms with Crippen LogP contribution in [0.15, 0.2) is 18.2 Å². The van der Waals surface area contributed by atoms with Crippen molar-refractivity contribution in [1.29, 1.82) is 0 Å². The second-order valence-electron chi connectivity index (χ2n) is 4.46. The normalized spacial score (nSPS) is 14.2. The van der Waals surface area contributed by atoms with Crippen LogP contribution in [0.25, 0.3) is 11.3 Å². The van der Waals surface area contributed by atoms with Crippen molar-refractivity contribution in [3.63, 3.8) is 0 Å². The van der Waals surface area contributed by atoms with Gasteiger partial charge in [0, 0.05) is 5.56 Å². The van der Waals surface area contributed by atoms with Crippen molar-refractivity contribution < 1.29 is 9.90 Å². The molecule has 0 spiro atoms. The summed E-state index contributed by atoms with van der Waals surface area (Å²) in [6.07, 6.45) is 4.64. The van der Waals surface area contributed by atoms with Crippen molar-refractivity contribution in [2.45, 2.75) is 25.7 Å². The molecule has 0 saturated heterocycles. The van der Waals surface area contributed by atoms with Crippen molar-refractivity contribution in [2.75, 3.05) is 0 Å². The molecular formula is C13H12N2O2S. The van der Waals surface area contributed by atoms with Gasteiger partial charge >= 0.3 is 5.97 Å². The van der Waals surface area contributed by atoms with Crippen molar-refractivity contribution >= 4 is 17.7 Å². The molecule has 92 valence electrons. The van der Waals surface area contributed by atoms with Crippen molar-refractivity contribution in [1.82, 2.24) is 8.75 Å². The number of rotatable bonds is 2. The Morgan fingerprint density at radius 3 is 2.72 bits per heavy atom. The summed E-state index contributed by atoms with van der Waals surface area (Å²) in [5.41, 5.74) is 4.10. The minimum atomic E-state index is -1.02. The lowest BCUT2D eigenvalue weighted by Crippen LogP contribution is -2.03. The van der Waals surface area contributed by atoms with Crippen LogP contribution in [0.5, 0.6) is 0 Å². The average molecular weight is 260 g/mol. The maximum atomic E-state index is 11.0. The summed E-state index contributed by atoms with van der Waals surface area (Å²) in [6, 6.07) is 6.11. The largest absolute Gasteiger partial charge is 0.476 e. The second-order valence-corrected chi connectivity index (χ2v) is 4.99. The molecule has 1 aliphatic rings. The molecule has 3 rings (SSSR count). The van der Waals surface area contributed by atoms with Crippen LogP contribution in [0.2, 0.25) is 0 Å². The summed E-state index contributed by atoms with van der Waals surface area (Å²) in [6.45, 7) is 0. The van der Waals surface area contributed by atoms with Crippen LogP contribution in [0.1, 0.15) is 34.5 Å². The van der Waals surface area contributed by atoms with E-state index in [-0.39, 0.29) is 5.69 Å². The molecule has 2 aromatic rings.